The van der Waals surface area contributed by atoms with Crippen LogP contribution in [0, 0.1) is 13.8 Å². The number of nitrogens with zero attached hydrogens (tertiary/aromatic N) is 3. The van der Waals surface area contributed by atoms with Gasteiger partial charge >= 0.3 is 6.09 Å². The van der Waals surface area contributed by atoms with Crippen LogP contribution in [0.2, 0.25) is 0 Å². The number of hydrogen-bond acceptors (Lipinski definition) is 4. The van der Waals surface area contributed by atoms with Crippen molar-refractivity contribution in [2.75, 3.05) is 26.2 Å². The lowest BCUT2D eigenvalue weighted by atomic mass is 10.1. The second-order valence-electron chi connectivity index (χ2n) is 5.68. The number of cyclic esters (lactones) is 1. The van der Waals surface area contributed by atoms with Gasteiger partial charge in [0.25, 0.3) is 0 Å². The lowest BCUT2D eigenvalue weighted by molar-refractivity contribution is -0.133. The molecule has 2 saturated heterocycles. The zero-order chi connectivity index (χ0) is 15.0. The number of rotatable bonds is 3. The number of H-pyrrole nitrogens is 1. The Kier molecular flexibility index (Phi) is 3.57. The van der Waals surface area contributed by atoms with Crippen molar-refractivity contribution >= 4 is 12.0 Å². The van der Waals surface area contributed by atoms with Crippen LogP contribution in [0.4, 0.5) is 4.79 Å². The van der Waals surface area contributed by atoms with Crippen molar-refractivity contribution < 1.29 is 14.3 Å². The Morgan fingerprint density at radius 3 is 2.95 bits per heavy atom. The molecule has 7 nitrogen and oxygen atoms in total. The Bertz CT molecular complexity index is 569. The lowest BCUT2D eigenvalue weighted by Gasteiger charge is -2.35. The molecule has 0 spiro atoms. The maximum absolute atomic E-state index is 12.3. The van der Waals surface area contributed by atoms with Gasteiger partial charge in [0, 0.05) is 38.2 Å². The minimum Gasteiger partial charge on any atom is -0.447 e. The molecule has 3 rings (SSSR count). The van der Waals surface area contributed by atoms with Gasteiger partial charge in [-0.25, -0.2) is 4.79 Å². The summed E-state index contributed by atoms with van der Waals surface area (Å²) >= 11 is 0. The normalized spacial score (nSPS) is 21.4. The van der Waals surface area contributed by atoms with E-state index in [4.69, 9.17) is 4.74 Å². The van der Waals surface area contributed by atoms with Crippen LogP contribution in [0.25, 0.3) is 0 Å². The number of piperazine rings is 1. The van der Waals surface area contributed by atoms with Crippen LogP contribution in [-0.4, -0.2) is 64.3 Å². The van der Waals surface area contributed by atoms with Gasteiger partial charge in [0.1, 0.15) is 6.61 Å². The molecule has 3 heterocycles. The highest BCUT2D eigenvalue weighted by Crippen LogP contribution is 2.19. The van der Waals surface area contributed by atoms with Gasteiger partial charge in [-0.05, 0) is 19.4 Å². The highest BCUT2D eigenvalue weighted by atomic mass is 16.6. The Labute approximate surface area is 123 Å². The molecule has 1 aromatic heterocycles. The van der Waals surface area contributed by atoms with E-state index in [9.17, 15) is 9.59 Å². The monoisotopic (exact) mass is 292 g/mol. The number of nitrogens with one attached hydrogen (secondary N) is 1. The fraction of sp³-hybridized carbons (Fsp3) is 0.643. The number of aromatic amines is 1. The molecule has 0 aliphatic carbocycles. The third-order valence-electron chi connectivity index (χ3n) is 4.40. The van der Waals surface area contributed by atoms with Crippen LogP contribution in [0.5, 0.6) is 0 Å². The molecule has 1 atom stereocenters. The summed E-state index contributed by atoms with van der Waals surface area (Å²) in [5.41, 5.74) is 3.13. The first kappa shape index (κ1) is 13.9. The van der Waals surface area contributed by atoms with Gasteiger partial charge in [-0.15, -0.1) is 0 Å². The van der Waals surface area contributed by atoms with E-state index in [2.05, 4.69) is 10.2 Å². The van der Waals surface area contributed by atoms with Gasteiger partial charge in [0.05, 0.1) is 11.7 Å². The molecule has 2 amide bonds. The van der Waals surface area contributed by atoms with E-state index in [1.807, 2.05) is 18.7 Å². The molecule has 0 unspecified atom stereocenters. The first-order valence-corrected chi connectivity index (χ1v) is 7.28. The van der Waals surface area contributed by atoms with Crippen LogP contribution < -0.4 is 0 Å². The van der Waals surface area contributed by atoms with Gasteiger partial charge in [0.15, 0.2) is 0 Å². The summed E-state index contributed by atoms with van der Waals surface area (Å²) in [6, 6.07) is 0.0181. The van der Waals surface area contributed by atoms with Crippen molar-refractivity contribution in [2.24, 2.45) is 0 Å². The molecular weight excluding hydrogens is 272 g/mol. The summed E-state index contributed by atoms with van der Waals surface area (Å²) in [5.74, 6) is 0.119. The largest absolute Gasteiger partial charge is 0.447 e. The molecule has 0 saturated carbocycles. The summed E-state index contributed by atoms with van der Waals surface area (Å²) in [7, 11) is 0. The van der Waals surface area contributed by atoms with Crippen LogP contribution >= 0.6 is 0 Å². The molecule has 1 N–H and O–H groups in total. The van der Waals surface area contributed by atoms with Crippen molar-refractivity contribution in [1.82, 2.24) is 20.0 Å². The molecule has 0 bridgehead atoms. The molecule has 21 heavy (non-hydrogen) atoms. The van der Waals surface area contributed by atoms with Crippen molar-refractivity contribution in [1.29, 1.82) is 0 Å². The minimum atomic E-state index is -0.255. The molecular formula is C14H20N4O3. The number of carbonyl (C=O) groups excluding carboxylic acids is 2. The fourth-order valence-corrected chi connectivity index (χ4v) is 2.88. The Morgan fingerprint density at radius 1 is 1.43 bits per heavy atom. The number of aromatic nitrogens is 2. The second-order valence-corrected chi connectivity index (χ2v) is 5.68. The molecule has 0 aromatic carbocycles. The minimum absolute atomic E-state index is 0.0181. The number of hydrogen-bond donors (Lipinski definition) is 1. The second kappa shape index (κ2) is 5.38. The molecule has 7 heteroatoms. The maximum atomic E-state index is 12.3. The highest BCUT2D eigenvalue weighted by Gasteiger charge is 2.38. The summed E-state index contributed by atoms with van der Waals surface area (Å²) in [6.45, 7) is 6.10. The van der Waals surface area contributed by atoms with Crippen molar-refractivity contribution in [3.63, 3.8) is 0 Å². The fourth-order valence-electron chi connectivity index (χ4n) is 2.88. The summed E-state index contributed by atoms with van der Waals surface area (Å²) < 4.78 is 5.01. The predicted octanol–water partition coefficient (Wildman–Crippen LogP) is 0.622. The average Bonchev–Trinajstić information content (AvgIpc) is 3.01. The van der Waals surface area contributed by atoms with Crippen LogP contribution in [0.1, 0.15) is 23.4 Å². The van der Waals surface area contributed by atoms with E-state index >= 15 is 0 Å². The molecule has 2 fully saturated rings. The van der Waals surface area contributed by atoms with Crippen LogP contribution in [-0.2, 0) is 16.0 Å². The maximum Gasteiger partial charge on any atom is 0.410 e. The Balaban J connectivity index is 1.54. The van der Waals surface area contributed by atoms with E-state index < -0.39 is 0 Å². The van der Waals surface area contributed by atoms with E-state index in [1.54, 1.807) is 4.90 Å². The predicted molar refractivity (Wildman–Crippen MR) is 74.8 cm³/mol. The van der Waals surface area contributed by atoms with Gasteiger partial charge in [-0.2, -0.15) is 5.10 Å². The molecule has 1 aromatic rings. The lowest BCUT2D eigenvalue weighted by Crippen LogP contribution is -2.53. The third kappa shape index (κ3) is 2.59. The molecule has 114 valence electrons. The first-order valence-electron chi connectivity index (χ1n) is 7.28. The van der Waals surface area contributed by atoms with Crippen molar-refractivity contribution in [3.8, 4) is 0 Å². The Hall–Kier alpha value is -2.05. The first-order chi connectivity index (χ1) is 10.1. The van der Waals surface area contributed by atoms with Gasteiger partial charge < -0.3 is 9.64 Å². The summed E-state index contributed by atoms with van der Waals surface area (Å²) in [5, 5.41) is 7.17. The standard InChI is InChI=1S/C14H20N4O3/c1-9-10(2)15-16-12(9)3-4-13(19)17-5-6-18-11(7-17)8-21-14(18)20/h11H,3-8H2,1-2H3,(H,15,16)/t11-/m1/s1. The van der Waals surface area contributed by atoms with E-state index in [0.717, 1.165) is 17.0 Å². The van der Waals surface area contributed by atoms with Crippen molar-refractivity contribution in [2.45, 2.75) is 32.7 Å². The summed E-state index contributed by atoms with van der Waals surface area (Å²) in [4.78, 5) is 27.3. The topological polar surface area (TPSA) is 78.5 Å². The number of amides is 2. The number of ether oxygens (including phenoxy) is 1. The quantitative estimate of drug-likeness (QED) is 0.886. The zero-order valence-corrected chi connectivity index (χ0v) is 12.4. The van der Waals surface area contributed by atoms with Gasteiger partial charge in [0.2, 0.25) is 5.91 Å². The van der Waals surface area contributed by atoms with E-state index in [1.165, 1.54) is 0 Å². The van der Waals surface area contributed by atoms with Crippen LogP contribution in [0.3, 0.4) is 0 Å². The number of aryl methyl sites for hydroxylation is 2. The number of carbonyl (C=O) groups is 2. The Morgan fingerprint density at radius 2 is 2.24 bits per heavy atom. The molecule has 2 aliphatic rings. The average molecular weight is 292 g/mol. The van der Waals surface area contributed by atoms with E-state index in [0.29, 0.717) is 39.1 Å². The zero-order valence-electron chi connectivity index (χ0n) is 12.4. The highest BCUT2D eigenvalue weighted by molar-refractivity contribution is 5.77. The van der Waals surface area contributed by atoms with E-state index in [-0.39, 0.29) is 18.0 Å². The SMILES string of the molecule is Cc1[nH]nc(CCC(=O)N2CCN3C(=O)OC[C@H]3C2)c1C. The smallest absolute Gasteiger partial charge is 0.410 e. The van der Waals surface area contributed by atoms with Crippen molar-refractivity contribution in [3.05, 3.63) is 17.0 Å². The van der Waals surface area contributed by atoms with Crippen LogP contribution in [0.15, 0.2) is 0 Å². The van der Waals surface area contributed by atoms with Gasteiger partial charge in [-0.3, -0.25) is 14.8 Å². The third-order valence-corrected chi connectivity index (χ3v) is 4.40. The number of fused-ring (bicyclic) bond motifs is 1. The van der Waals surface area contributed by atoms with Gasteiger partial charge in [-0.1, -0.05) is 0 Å². The summed E-state index contributed by atoms with van der Waals surface area (Å²) in [6.07, 6.45) is 0.844. The molecule has 2 aliphatic heterocycles. The molecule has 0 radical (unpaired) electrons.